The van der Waals surface area contributed by atoms with Gasteiger partial charge in [0, 0.05) is 12.6 Å². The molecule has 0 aliphatic heterocycles. The van der Waals surface area contributed by atoms with Crippen LogP contribution in [-0.4, -0.2) is 27.4 Å². The van der Waals surface area contributed by atoms with Crippen molar-refractivity contribution in [2.45, 2.75) is 6.54 Å². The van der Waals surface area contributed by atoms with Crippen LogP contribution in [0.2, 0.25) is 0 Å². The van der Waals surface area contributed by atoms with Gasteiger partial charge in [-0.3, -0.25) is 0 Å². The average molecular weight is 288 g/mol. The highest BCUT2D eigenvalue weighted by Gasteiger charge is 2.13. The molecule has 102 valence electrons. The summed E-state index contributed by atoms with van der Waals surface area (Å²) in [7, 11) is 1.87. The van der Waals surface area contributed by atoms with Crippen molar-refractivity contribution in [1.82, 2.24) is 20.4 Å². The van der Waals surface area contributed by atoms with Crippen LogP contribution in [0.25, 0.3) is 11.5 Å². The molecule has 0 bridgehead atoms. The molecule has 0 amide bonds. The summed E-state index contributed by atoms with van der Waals surface area (Å²) < 4.78 is 5.63. The standard InChI is InChI=1S/C12H12N6OS/c1-18(12-17-16-11(13)20-12)7-9-14-15-10(19-9)8-5-3-2-4-6-8/h2-6H,7H2,1H3,(H2,13,16). The lowest BCUT2D eigenvalue weighted by Crippen LogP contribution is -2.16. The van der Waals surface area contributed by atoms with Crippen LogP contribution in [0.1, 0.15) is 5.89 Å². The molecule has 0 aliphatic rings. The zero-order valence-electron chi connectivity index (χ0n) is 10.7. The van der Waals surface area contributed by atoms with Gasteiger partial charge in [-0.2, -0.15) is 0 Å². The lowest BCUT2D eigenvalue weighted by molar-refractivity contribution is 0.503. The molecule has 0 saturated carbocycles. The lowest BCUT2D eigenvalue weighted by Gasteiger charge is -2.11. The molecule has 0 unspecified atom stereocenters. The molecular weight excluding hydrogens is 276 g/mol. The predicted molar refractivity (Wildman–Crippen MR) is 76.2 cm³/mol. The molecule has 0 fully saturated rings. The van der Waals surface area contributed by atoms with Crippen molar-refractivity contribution in [3.63, 3.8) is 0 Å². The van der Waals surface area contributed by atoms with Crippen LogP contribution in [0.15, 0.2) is 34.7 Å². The maximum Gasteiger partial charge on any atom is 0.247 e. The summed E-state index contributed by atoms with van der Waals surface area (Å²) in [4.78, 5) is 1.86. The van der Waals surface area contributed by atoms with Gasteiger partial charge < -0.3 is 15.1 Å². The summed E-state index contributed by atoms with van der Waals surface area (Å²) in [5.74, 6) is 1.02. The molecule has 3 aromatic rings. The second-order valence-electron chi connectivity index (χ2n) is 4.15. The SMILES string of the molecule is CN(Cc1nnc(-c2ccccc2)o1)c1nnc(N)s1. The molecular formula is C12H12N6OS. The minimum Gasteiger partial charge on any atom is -0.419 e. The normalized spacial score (nSPS) is 10.7. The molecule has 0 spiro atoms. The minimum atomic E-state index is 0.433. The number of hydrogen-bond acceptors (Lipinski definition) is 8. The first-order chi connectivity index (χ1) is 9.72. The highest BCUT2D eigenvalue weighted by molar-refractivity contribution is 7.18. The molecule has 0 atom stereocenters. The Hall–Kier alpha value is -2.48. The van der Waals surface area contributed by atoms with E-state index in [0.717, 1.165) is 5.56 Å². The molecule has 20 heavy (non-hydrogen) atoms. The van der Waals surface area contributed by atoms with Crippen LogP contribution in [0.3, 0.4) is 0 Å². The topological polar surface area (TPSA) is 94.0 Å². The van der Waals surface area contributed by atoms with E-state index in [0.29, 0.717) is 28.6 Å². The first kappa shape index (κ1) is 12.5. The zero-order chi connectivity index (χ0) is 13.9. The summed E-state index contributed by atoms with van der Waals surface area (Å²) >= 11 is 1.31. The third kappa shape index (κ3) is 2.59. The van der Waals surface area contributed by atoms with Crippen LogP contribution in [0.4, 0.5) is 10.3 Å². The number of nitrogens with two attached hydrogens (primary N) is 1. The predicted octanol–water partition coefficient (Wildman–Crippen LogP) is 1.81. The summed E-state index contributed by atoms with van der Waals surface area (Å²) in [5.41, 5.74) is 6.45. The van der Waals surface area contributed by atoms with E-state index >= 15 is 0 Å². The van der Waals surface area contributed by atoms with Crippen LogP contribution >= 0.6 is 11.3 Å². The minimum absolute atomic E-state index is 0.433. The van der Waals surface area contributed by atoms with Crippen molar-refractivity contribution in [3.05, 3.63) is 36.2 Å². The first-order valence-electron chi connectivity index (χ1n) is 5.90. The van der Waals surface area contributed by atoms with Gasteiger partial charge >= 0.3 is 0 Å². The summed E-state index contributed by atoms with van der Waals surface area (Å²) in [6, 6.07) is 9.64. The van der Waals surface area contributed by atoms with Crippen LogP contribution < -0.4 is 10.6 Å². The third-order valence-corrected chi connectivity index (χ3v) is 3.48. The fourth-order valence-electron chi connectivity index (χ4n) is 1.67. The molecule has 0 aliphatic carbocycles. The Morgan fingerprint density at radius 1 is 1.15 bits per heavy atom. The van der Waals surface area contributed by atoms with Crippen molar-refractivity contribution in [2.75, 3.05) is 17.7 Å². The third-order valence-electron chi connectivity index (χ3n) is 2.62. The number of hydrogen-bond donors (Lipinski definition) is 1. The quantitative estimate of drug-likeness (QED) is 0.782. The van der Waals surface area contributed by atoms with E-state index in [1.54, 1.807) is 0 Å². The van der Waals surface area contributed by atoms with Crippen LogP contribution in [0, 0.1) is 0 Å². The maximum absolute atomic E-state index is 5.63. The van der Waals surface area contributed by atoms with E-state index in [4.69, 9.17) is 10.2 Å². The molecule has 8 heteroatoms. The second kappa shape index (κ2) is 5.25. The lowest BCUT2D eigenvalue weighted by atomic mass is 10.2. The monoisotopic (exact) mass is 288 g/mol. The Labute approximate surface area is 119 Å². The van der Waals surface area contributed by atoms with Gasteiger partial charge in [-0.25, -0.2) is 0 Å². The van der Waals surface area contributed by atoms with E-state index in [-0.39, 0.29) is 0 Å². The van der Waals surface area contributed by atoms with E-state index in [9.17, 15) is 0 Å². The summed E-state index contributed by atoms with van der Waals surface area (Å²) in [5, 5.41) is 16.9. The Kier molecular flexibility index (Phi) is 3.30. The van der Waals surface area contributed by atoms with Gasteiger partial charge in [-0.15, -0.1) is 20.4 Å². The first-order valence-corrected chi connectivity index (χ1v) is 6.72. The summed E-state index contributed by atoms with van der Waals surface area (Å²) in [6.07, 6.45) is 0. The highest BCUT2D eigenvalue weighted by Crippen LogP contribution is 2.23. The molecule has 0 saturated heterocycles. The Balaban J connectivity index is 1.74. The number of nitrogens with zero attached hydrogens (tertiary/aromatic N) is 5. The van der Waals surface area contributed by atoms with Gasteiger partial charge in [0.15, 0.2) is 0 Å². The van der Waals surface area contributed by atoms with Crippen molar-refractivity contribution < 1.29 is 4.42 Å². The number of nitrogen functional groups attached to an aromatic ring is 1. The van der Waals surface area contributed by atoms with E-state index in [2.05, 4.69) is 20.4 Å². The second-order valence-corrected chi connectivity index (χ2v) is 5.13. The largest absolute Gasteiger partial charge is 0.419 e. The Morgan fingerprint density at radius 3 is 2.65 bits per heavy atom. The molecule has 7 nitrogen and oxygen atoms in total. The fraction of sp³-hybridized carbons (Fsp3) is 0.167. The van der Waals surface area contributed by atoms with Crippen LogP contribution in [-0.2, 0) is 6.54 Å². The number of aromatic nitrogens is 4. The van der Waals surface area contributed by atoms with Crippen molar-refractivity contribution in [2.24, 2.45) is 0 Å². The van der Waals surface area contributed by atoms with E-state index in [1.807, 2.05) is 42.3 Å². The van der Waals surface area contributed by atoms with E-state index in [1.165, 1.54) is 11.3 Å². The average Bonchev–Trinajstić information content (AvgIpc) is 3.09. The van der Waals surface area contributed by atoms with Crippen molar-refractivity contribution in [3.8, 4) is 11.5 Å². The number of benzene rings is 1. The van der Waals surface area contributed by atoms with Gasteiger partial charge in [0.05, 0.1) is 6.54 Å². The molecule has 2 heterocycles. The zero-order valence-corrected chi connectivity index (χ0v) is 11.5. The number of rotatable bonds is 4. The van der Waals surface area contributed by atoms with Crippen molar-refractivity contribution in [1.29, 1.82) is 0 Å². The van der Waals surface area contributed by atoms with Gasteiger partial charge in [-0.05, 0) is 12.1 Å². The maximum atomic E-state index is 5.63. The van der Waals surface area contributed by atoms with Gasteiger partial charge in [0.25, 0.3) is 0 Å². The Bertz CT molecular complexity index is 695. The number of anilines is 2. The van der Waals surface area contributed by atoms with Crippen LogP contribution in [0.5, 0.6) is 0 Å². The molecule has 0 radical (unpaired) electrons. The summed E-state index contributed by atoms with van der Waals surface area (Å²) in [6.45, 7) is 0.453. The molecule has 3 rings (SSSR count). The van der Waals surface area contributed by atoms with Gasteiger partial charge in [0.1, 0.15) is 0 Å². The molecule has 2 N–H and O–H groups in total. The van der Waals surface area contributed by atoms with Gasteiger partial charge in [0.2, 0.25) is 22.0 Å². The van der Waals surface area contributed by atoms with Gasteiger partial charge in [-0.1, -0.05) is 29.5 Å². The molecule has 2 aromatic heterocycles. The smallest absolute Gasteiger partial charge is 0.247 e. The fourth-order valence-corrected chi connectivity index (χ4v) is 2.24. The highest BCUT2D eigenvalue weighted by atomic mass is 32.1. The van der Waals surface area contributed by atoms with Crippen molar-refractivity contribution >= 4 is 21.6 Å². The van der Waals surface area contributed by atoms with E-state index < -0.39 is 0 Å². The Morgan fingerprint density at radius 2 is 1.95 bits per heavy atom. The molecule has 1 aromatic carbocycles.